The van der Waals surface area contributed by atoms with E-state index in [1.807, 2.05) is 42.5 Å². The molecule has 2 aromatic heterocycles. The first-order valence-electron chi connectivity index (χ1n) is 14.1. The Morgan fingerprint density at radius 2 is 1.64 bits per heavy atom. The van der Waals surface area contributed by atoms with E-state index in [1.54, 1.807) is 68.6 Å². The minimum atomic E-state index is -0.802. The maximum atomic E-state index is 14.1. The Morgan fingerprint density at radius 3 is 2.31 bits per heavy atom. The first-order valence-corrected chi connectivity index (χ1v) is 14.9. The molecule has 226 valence electrons. The lowest BCUT2D eigenvalue weighted by Crippen LogP contribution is -2.40. The van der Waals surface area contributed by atoms with Crippen molar-refractivity contribution < 1.29 is 28.2 Å². The van der Waals surface area contributed by atoms with Crippen LogP contribution in [0.3, 0.4) is 0 Å². The van der Waals surface area contributed by atoms with Crippen molar-refractivity contribution in [2.24, 2.45) is 4.99 Å². The predicted octanol–water partition coefficient (Wildman–Crippen LogP) is 4.99. The lowest BCUT2D eigenvalue weighted by atomic mass is 9.93. The highest BCUT2D eigenvalue weighted by Gasteiger charge is 2.35. The van der Waals surface area contributed by atoms with Gasteiger partial charge in [-0.2, -0.15) is 0 Å². The molecule has 0 aliphatic carbocycles. The number of fused-ring (bicyclic) bond motifs is 1. The van der Waals surface area contributed by atoms with Gasteiger partial charge in [0, 0.05) is 17.2 Å². The summed E-state index contributed by atoms with van der Waals surface area (Å²) in [5.74, 6) is 0.694. The highest BCUT2D eigenvalue weighted by Crippen LogP contribution is 2.35. The molecule has 0 amide bonds. The summed E-state index contributed by atoms with van der Waals surface area (Å²) in [6.07, 6.45) is 1.66. The fourth-order valence-corrected chi connectivity index (χ4v) is 6.13. The second kappa shape index (κ2) is 12.6. The van der Waals surface area contributed by atoms with Gasteiger partial charge in [0.1, 0.15) is 17.3 Å². The van der Waals surface area contributed by atoms with E-state index in [-0.39, 0.29) is 17.7 Å². The first-order chi connectivity index (χ1) is 21.9. The quantitative estimate of drug-likeness (QED) is 0.225. The lowest BCUT2D eigenvalue weighted by Gasteiger charge is -2.26. The van der Waals surface area contributed by atoms with Crippen LogP contribution in [0.5, 0.6) is 5.75 Å². The smallest absolute Gasteiger partial charge is 0.338 e. The number of benzene rings is 3. The van der Waals surface area contributed by atoms with Crippen LogP contribution in [-0.4, -0.2) is 37.3 Å². The van der Waals surface area contributed by atoms with Crippen molar-refractivity contribution in [1.82, 2.24) is 4.57 Å². The van der Waals surface area contributed by atoms with Gasteiger partial charge in [-0.05, 0) is 48.9 Å². The molecule has 0 saturated heterocycles. The Bertz CT molecular complexity index is 2090. The number of nitrogens with zero attached hydrogens (tertiary/aromatic N) is 2. The third kappa shape index (κ3) is 5.75. The Hall–Kier alpha value is -5.48. The van der Waals surface area contributed by atoms with E-state index in [4.69, 9.17) is 23.6 Å². The van der Waals surface area contributed by atoms with Crippen molar-refractivity contribution in [1.29, 1.82) is 0 Å². The first kappa shape index (κ1) is 29.6. The summed E-state index contributed by atoms with van der Waals surface area (Å²) < 4.78 is 23.6. The largest absolute Gasteiger partial charge is 0.497 e. The van der Waals surface area contributed by atoms with Gasteiger partial charge >= 0.3 is 11.9 Å². The molecule has 0 spiro atoms. The van der Waals surface area contributed by atoms with Gasteiger partial charge in [-0.25, -0.2) is 14.6 Å². The topological polar surface area (TPSA) is 109 Å². The molecule has 0 N–H and O–H groups in total. The number of esters is 2. The number of hydrogen-bond acceptors (Lipinski definition) is 9. The monoisotopic (exact) mass is 620 g/mol. The average Bonchev–Trinajstić information content (AvgIpc) is 3.68. The summed E-state index contributed by atoms with van der Waals surface area (Å²) in [4.78, 5) is 44.8. The average molecular weight is 621 g/mol. The van der Waals surface area contributed by atoms with Crippen molar-refractivity contribution in [3.63, 3.8) is 0 Å². The molecule has 6 rings (SSSR count). The van der Waals surface area contributed by atoms with E-state index in [1.165, 1.54) is 23.0 Å². The molecule has 1 aliphatic heterocycles. The lowest BCUT2D eigenvalue weighted by molar-refractivity contribution is -0.138. The Balaban J connectivity index is 1.50. The van der Waals surface area contributed by atoms with E-state index in [0.29, 0.717) is 43.4 Å². The number of aromatic nitrogens is 1. The minimum Gasteiger partial charge on any atom is -0.497 e. The predicted molar refractivity (Wildman–Crippen MR) is 170 cm³/mol. The number of ether oxygens (including phenoxy) is 3. The van der Waals surface area contributed by atoms with Crippen molar-refractivity contribution in [2.45, 2.75) is 13.0 Å². The minimum absolute atomic E-state index is 0.163. The van der Waals surface area contributed by atoms with E-state index in [9.17, 15) is 14.4 Å². The van der Waals surface area contributed by atoms with Crippen LogP contribution in [0.15, 0.2) is 111 Å². The van der Waals surface area contributed by atoms with E-state index in [0.717, 1.165) is 11.1 Å². The number of carbonyl (C=O) groups excluding carboxylic acids is 2. The molecule has 5 aromatic rings. The Labute approximate surface area is 262 Å². The molecule has 3 heterocycles. The maximum absolute atomic E-state index is 14.1. The number of hydrogen-bond donors (Lipinski definition) is 0. The van der Waals surface area contributed by atoms with Crippen molar-refractivity contribution >= 4 is 35.0 Å². The molecule has 3 aromatic carbocycles. The standard InChI is InChI=1S/C35H28N2O7S/c1-4-43-34(40)29-30(22-8-6-5-7-9-22)36-35-37(31(29)23-14-16-25(41-2)17-15-23)32(38)28(45-35)20-26-18-19-27(44-26)21-10-12-24(13-11-21)33(39)42-3/h5-20,31H,4H2,1-3H3/b28-20-/t31-/m0/s1. The summed E-state index contributed by atoms with van der Waals surface area (Å²) >= 11 is 1.21. The molecule has 0 saturated carbocycles. The normalized spacial score (nSPS) is 14.5. The highest BCUT2D eigenvalue weighted by atomic mass is 32.1. The van der Waals surface area contributed by atoms with Crippen LogP contribution in [-0.2, 0) is 14.3 Å². The van der Waals surface area contributed by atoms with E-state index in [2.05, 4.69) is 0 Å². The summed E-state index contributed by atoms with van der Waals surface area (Å²) in [7, 11) is 2.91. The van der Waals surface area contributed by atoms with Crippen LogP contribution >= 0.6 is 11.3 Å². The number of rotatable bonds is 8. The van der Waals surface area contributed by atoms with Gasteiger partial charge in [-0.1, -0.05) is 65.9 Å². The number of carbonyl (C=O) groups is 2. The Morgan fingerprint density at radius 1 is 0.911 bits per heavy atom. The highest BCUT2D eigenvalue weighted by molar-refractivity contribution is 7.07. The van der Waals surface area contributed by atoms with Crippen LogP contribution in [0.1, 0.15) is 40.2 Å². The van der Waals surface area contributed by atoms with Crippen LogP contribution in [0.4, 0.5) is 0 Å². The van der Waals surface area contributed by atoms with E-state index < -0.39 is 18.0 Å². The Kier molecular flexibility index (Phi) is 8.30. The van der Waals surface area contributed by atoms with Gasteiger partial charge in [0.2, 0.25) is 0 Å². The van der Waals surface area contributed by atoms with Crippen LogP contribution in [0.2, 0.25) is 0 Å². The molecule has 1 aliphatic rings. The third-order valence-corrected chi connectivity index (χ3v) is 8.28. The van der Waals surface area contributed by atoms with Crippen molar-refractivity contribution in [3.8, 4) is 17.1 Å². The zero-order valence-corrected chi connectivity index (χ0v) is 25.5. The van der Waals surface area contributed by atoms with Crippen LogP contribution in [0, 0.1) is 0 Å². The fraction of sp³-hybridized carbons (Fsp3) is 0.143. The van der Waals surface area contributed by atoms with Crippen LogP contribution < -0.4 is 19.6 Å². The van der Waals surface area contributed by atoms with E-state index >= 15 is 0 Å². The second-order valence-electron chi connectivity index (χ2n) is 9.98. The molecule has 10 heteroatoms. The van der Waals surface area contributed by atoms with Gasteiger partial charge < -0.3 is 18.6 Å². The molecule has 0 fully saturated rings. The zero-order chi connectivity index (χ0) is 31.5. The second-order valence-corrected chi connectivity index (χ2v) is 11.0. The zero-order valence-electron chi connectivity index (χ0n) is 24.7. The molecule has 1 atom stereocenters. The number of thiazole rings is 1. The van der Waals surface area contributed by atoms with Gasteiger partial charge in [-0.3, -0.25) is 9.36 Å². The van der Waals surface area contributed by atoms with Crippen LogP contribution in [0.25, 0.3) is 23.1 Å². The molecule has 0 unspecified atom stereocenters. The molecular weight excluding hydrogens is 592 g/mol. The summed E-state index contributed by atoms with van der Waals surface area (Å²) in [6, 6.07) is 26.2. The van der Waals surface area contributed by atoms with Gasteiger partial charge in [-0.15, -0.1) is 0 Å². The molecular formula is C35H28N2O7S. The van der Waals surface area contributed by atoms with Crippen molar-refractivity contribution in [2.75, 3.05) is 20.8 Å². The summed E-state index contributed by atoms with van der Waals surface area (Å²) in [5, 5.41) is 0. The molecule has 0 bridgehead atoms. The van der Waals surface area contributed by atoms with Gasteiger partial charge in [0.25, 0.3) is 5.56 Å². The number of furan rings is 1. The molecule has 0 radical (unpaired) electrons. The number of methoxy groups -OCH3 is 2. The summed E-state index contributed by atoms with van der Waals surface area (Å²) in [6.45, 7) is 1.90. The maximum Gasteiger partial charge on any atom is 0.338 e. The van der Waals surface area contributed by atoms with Gasteiger partial charge in [0.05, 0.1) is 48.2 Å². The van der Waals surface area contributed by atoms with Crippen molar-refractivity contribution in [3.05, 3.63) is 139 Å². The molecule has 9 nitrogen and oxygen atoms in total. The molecule has 45 heavy (non-hydrogen) atoms. The third-order valence-electron chi connectivity index (χ3n) is 7.30. The summed E-state index contributed by atoms with van der Waals surface area (Å²) in [5.41, 5.74) is 3.00. The fourth-order valence-electron chi connectivity index (χ4n) is 5.15. The SMILES string of the molecule is CCOC(=O)C1=C(c2ccccc2)N=c2s/c(=C\c3ccc(-c4ccc(C(=O)OC)cc4)o3)c(=O)n2[C@H]1c1ccc(OC)cc1. The van der Waals surface area contributed by atoms with Gasteiger partial charge in [0.15, 0.2) is 4.80 Å².